The normalized spacial score (nSPS) is 10.5. The molecule has 2 N–H and O–H groups in total. The number of carbonyl (C=O) groups excluding carboxylic acids is 2. The molecule has 0 aliphatic rings. The van der Waals surface area contributed by atoms with Crippen molar-refractivity contribution >= 4 is 39.1 Å². The molecule has 138 valence electrons. The molecule has 0 atom stereocenters. The predicted molar refractivity (Wildman–Crippen MR) is 108 cm³/mol. The van der Waals surface area contributed by atoms with Gasteiger partial charge in [0.1, 0.15) is 5.75 Å². The molecule has 0 unspecified atom stereocenters. The second-order valence-corrected chi connectivity index (χ2v) is 7.25. The van der Waals surface area contributed by atoms with Crippen LogP contribution in [0, 0.1) is 5.92 Å². The van der Waals surface area contributed by atoms with E-state index in [2.05, 4.69) is 40.4 Å². The first-order chi connectivity index (χ1) is 12.3. The van der Waals surface area contributed by atoms with Crippen LogP contribution in [0.1, 0.15) is 37.6 Å². The van der Waals surface area contributed by atoms with E-state index in [-0.39, 0.29) is 11.8 Å². The number of amides is 2. The van der Waals surface area contributed by atoms with Crippen LogP contribution in [0.4, 0.5) is 11.4 Å². The third kappa shape index (κ3) is 6.19. The summed E-state index contributed by atoms with van der Waals surface area (Å²) in [4.78, 5) is 23.6. The van der Waals surface area contributed by atoms with Crippen molar-refractivity contribution in [2.45, 2.75) is 27.2 Å². The SMILES string of the molecule is CC(=O)Nc1cccc(NC(=O)c2ccc(OCCC(C)C)c(Br)c2)c1. The maximum absolute atomic E-state index is 12.5. The van der Waals surface area contributed by atoms with Crippen LogP contribution < -0.4 is 15.4 Å². The van der Waals surface area contributed by atoms with Gasteiger partial charge in [-0.3, -0.25) is 9.59 Å². The van der Waals surface area contributed by atoms with Crippen molar-refractivity contribution in [2.24, 2.45) is 5.92 Å². The number of nitrogens with one attached hydrogen (secondary N) is 2. The molecule has 0 aliphatic carbocycles. The van der Waals surface area contributed by atoms with Crippen molar-refractivity contribution in [1.82, 2.24) is 0 Å². The highest BCUT2D eigenvalue weighted by Gasteiger charge is 2.10. The lowest BCUT2D eigenvalue weighted by molar-refractivity contribution is -0.114. The number of halogens is 1. The van der Waals surface area contributed by atoms with Crippen LogP contribution >= 0.6 is 15.9 Å². The molecule has 2 aromatic rings. The molecule has 0 bridgehead atoms. The third-order valence-corrected chi connectivity index (χ3v) is 4.21. The maximum Gasteiger partial charge on any atom is 0.255 e. The van der Waals surface area contributed by atoms with E-state index < -0.39 is 0 Å². The second-order valence-electron chi connectivity index (χ2n) is 6.39. The summed E-state index contributed by atoms with van der Waals surface area (Å²) in [6.45, 7) is 6.37. The molecule has 5 nitrogen and oxygen atoms in total. The lowest BCUT2D eigenvalue weighted by atomic mass is 10.1. The first-order valence-electron chi connectivity index (χ1n) is 8.46. The topological polar surface area (TPSA) is 67.4 Å². The summed E-state index contributed by atoms with van der Waals surface area (Å²) in [6.07, 6.45) is 0.972. The number of benzene rings is 2. The summed E-state index contributed by atoms with van der Waals surface area (Å²) in [5.74, 6) is 0.895. The molecule has 2 rings (SSSR count). The summed E-state index contributed by atoms with van der Waals surface area (Å²) in [5.41, 5.74) is 1.75. The van der Waals surface area contributed by atoms with Gasteiger partial charge in [-0.25, -0.2) is 0 Å². The van der Waals surface area contributed by atoms with Crippen molar-refractivity contribution < 1.29 is 14.3 Å². The second kappa shape index (κ2) is 9.38. The third-order valence-electron chi connectivity index (χ3n) is 3.59. The Morgan fingerprint density at radius 1 is 1.08 bits per heavy atom. The van der Waals surface area contributed by atoms with Crippen LogP contribution in [-0.4, -0.2) is 18.4 Å². The van der Waals surface area contributed by atoms with Crippen LogP contribution in [0.2, 0.25) is 0 Å². The Morgan fingerprint density at radius 3 is 2.38 bits per heavy atom. The van der Waals surface area contributed by atoms with Gasteiger partial charge in [-0.15, -0.1) is 0 Å². The van der Waals surface area contributed by atoms with Crippen molar-refractivity contribution in [3.8, 4) is 5.75 Å². The van der Waals surface area contributed by atoms with Crippen LogP contribution in [0.3, 0.4) is 0 Å². The molecule has 26 heavy (non-hydrogen) atoms. The fraction of sp³-hybridized carbons (Fsp3) is 0.300. The smallest absolute Gasteiger partial charge is 0.255 e. The van der Waals surface area contributed by atoms with Crippen LogP contribution in [0.15, 0.2) is 46.9 Å². The highest BCUT2D eigenvalue weighted by molar-refractivity contribution is 9.10. The number of hydrogen-bond donors (Lipinski definition) is 2. The zero-order chi connectivity index (χ0) is 19.1. The molecular weight excluding hydrogens is 396 g/mol. The van der Waals surface area contributed by atoms with Crippen LogP contribution in [-0.2, 0) is 4.79 Å². The van der Waals surface area contributed by atoms with Crippen molar-refractivity contribution in [3.05, 3.63) is 52.5 Å². The lowest BCUT2D eigenvalue weighted by Crippen LogP contribution is -2.13. The molecule has 0 spiro atoms. The van der Waals surface area contributed by atoms with Gasteiger partial charge in [-0.2, -0.15) is 0 Å². The average molecular weight is 419 g/mol. The average Bonchev–Trinajstić information content (AvgIpc) is 2.55. The minimum Gasteiger partial charge on any atom is -0.492 e. The summed E-state index contributed by atoms with van der Waals surface area (Å²) in [5, 5.41) is 5.51. The fourth-order valence-electron chi connectivity index (χ4n) is 2.24. The molecule has 2 aromatic carbocycles. The minimum absolute atomic E-state index is 0.162. The molecule has 0 heterocycles. The van der Waals surface area contributed by atoms with Gasteiger partial charge in [-0.05, 0) is 64.7 Å². The molecule has 0 radical (unpaired) electrons. The van der Waals surface area contributed by atoms with Gasteiger partial charge >= 0.3 is 0 Å². The van der Waals surface area contributed by atoms with Crippen molar-refractivity contribution in [2.75, 3.05) is 17.2 Å². The van der Waals surface area contributed by atoms with E-state index in [0.717, 1.165) is 16.6 Å². The standard InChI is InChI=1S/C20H23BrN2O3/c1-13(2)9-10-26-19-8-7-15(11-18(19)21)20(25)23-17-6-4-5-16(12-17)22-14(3)24/h4-8,11-13H,9-10H2,1-3H3,(H,22,24)(H,23,25). The zero-order valence-corrected chi connectivity index (χ0v) is 16.7. The van der Waals surface area contributed by atoms with E-state index in [1.165, 1.54) is 6.92 Å². The highest BCUT2D eigenvalue weighted by atomic mass is 79.9. The Balaban J connectivity index is 2.03. The summed E-state index contributed by atoms with van der Waals surface area (Å²) in [7, 11) is 0. The molecule has 0 saturated carbocycles. The number of ether oxygens (including phenoxy) is 1. The molecule has 6 heteroatoms. The van der Waals surface area contributed by atoms with Crippen molar-refractivity contribution in [3.63, 3.8) is 0 Å². The first kappa shape index (κ1) is 20.0. The van der Waals surface area contributed by atoms with E-state index >= 15 is 0 Å². The minimum atomic E-state index is -0.237. The predicted octanol–water partition coefficient (Wildman–Crippen LogP) is 5.08. The maximum atomic E-state index is 12.5. The summed E-state index contributed by atoms with van der Waals surface area (Å²) in [6, 6.07) is 12.2. The molecule has 0 aromatic heterocycles. The van der Waals surface area contributed by atoms with Crippen LogP contribution in [0.5, 0.6) is 5.75 Å². The largest absolute Gasteiger partial charge is 0.492 e. The van der Waals surface area contributed by atoms with Gasteiger partial charge in [0.25, 0.3) is 5.91 Å². The number of anilines is 2. The Morgan fingerprint density at radius 2 is 1.77 bits per heavy atom. The molecule has 0 saturated heterocycles. The van der Waals surface area contributed by atoms with E-state index in [1.54, 1.807) is 42.5 Å². The molecule has 2 amide bonds. The van der Waals surface area contributed by atoms with Crippen LogP contribution in [0.25, 0.3) is 0 Å². The van der Waals surface area contributed by atoms with E-state index in [9.17, 15) is 9.59 Å². The number of carbonyl (C=O) groups is 2. The summed E-state index contributed by atoms with van der Waals surface area (Å²) < 4.78 is 6.47. The van der Waals surface area contributed by atoms with Gasteiger partial charge in [0, 0.05) is 23.9 Å². The lowest BCUT2D eigenvalue weighted by Gasteiger charge is -2.11. The van der Waals surface area contributed by atoms with Gasteiger partial charge < -0.3 is 15.4 Å². The van der Waals surface area contributed by atoms with E-state index in [0.29, 0.717) is 29.5 Å². The molecular formula is C20H23BrN2O3. The fourth-order valence-corrected chi connectivity index (χ4v) is 2.74. The number of hydrogen-bond acceptors (Lipinski definition) is 3. The van der Waals surface area contributed by atoms with E-state index in [4.69, 9.17) is 4.74 Å². The van der Waals surface area contributed by atoms with Crippen molar-refractivity contribution in [1.29, 1.82) is 0 Å². The molecule has 0 aliphatic heterocycles. The highest BCUT2D eigenvalue weighted by Crippen LogP contribution is 2.27. The molecule has 0 fully saturated rings. The Labute approximate surface area is 162 Å². The van der Waals surface area contributed by atoms with Gasteiger partial charge in [0.05, 0.1) is 11.1 Å². The first-order valence-corrected chi connectivity index (χ1v) is 9.26. The Kier molecular flexibility index (Phi) is 7.21. The zero-order valence-electron chi connectivity index (χ0n) is 15.1. The van der Waals surface area contributed by atoms with E-state index in [1.807, 2.05) is 0 Å². The van der Waals surface area contributed by atoms with Gasteiger partial charge in [-0.1, -0.05) is 19.9 Å². The monoisotopic (exact) mass is 418 g/mol. The number of rotatable bonds is 7. The van der Waals surface area contributed by atoms with Gasteiger partial charge in [0.2, 0.25) is 5.91 Å². The Hall–Kier alpha value is -2.34. The Bertz CT molecular complexity index is 790. The summed E-state index contributed by atoms with van der Waals surface area (Å²) >= 11 is 3.45. The van der Waals surface area contributed by atoms with Gasteiger partial charge in [0.15, 0.2) is 0 Å². The quantitative estimate of drug-likeness (QED) is 0.658.